The predicted octanol–water partition coefficient (Wildman–Crippen LogP) is 0.358. The van der Waals surface area contributed by atoms with Gasteiger partial charge in [0.05, 0.1) is 19.3 Å². The van der Waals surface area contributed by atoms with Crippen molar-refractivity contribution in [2.45, 2.75) is 38.5 Å². The smallest absolute Gasteiger partial charge is 0.222 e. The van der Waals surface area contributed by atoms with Crippen LogP contribution >= 0.6 is 0 Å². The molecule has 2 amide bonds. The summed E-state index contributed by atoms with van der Waals surface area (Å²) in [5.74, 6) is 0.390. The lowest BCUT2D eigenvalue weighted by Gasteiger charge is -2.32. The van der Waals surface area contributed by atoms with E-state index < -0.39 is 0 Å². The molecule has 1 aromatic carbocycles. The van der Waals surface area contributed by atoms with Crippen molar-refractivity contribution in [3.05, 3.63) is 29.8 Å². The number of benzene rings is 1. The number of carbonyl (C=O) groups excluding carboxylic acids is 2. The number of rotatable bonds is 7. The standard InChI is InChI=1S/C17H24N2O5/c1-12(21)18-8-6-17(22)19-15-7-9-23-11-16(15)24-14-4-2-13(10-20)3-5-14/h2-5,15-16,20H,6-11H2,1H3,(H,18,21)(H,19,22)/t15-,16-/m1/s1. The van der Waals surface area contributed by atoms with Crippen LogP contribution in [-0.2, 0) is 20.9 Å². The Labute approximate surface area is 141 Å². The van der Waals surface area contributed by atoms with Gasteiger partial charge in [0.25, 0.3) is 0 Å². The number of nitrogens with one attached hydrogen (secondary N) is 2. The molecule has 0 aromatic heterocycles. The third-order valence-electron chi connectivity index (χ3n) is 3.77. The fraction of sp³-hybridized carbons (Fsp3) is 0.529. The van der Waals surface area contributed by atoms with E-state index in [0.717, 1.165) is 5.56 Å². The molecule has 1 aliphatic rings. The van der Waals surface area contributed by atoms with Crippen LogP contribution in [0.4, 0.5) is 0 Å². The fourth-order valence-electron chi connectivity index (χ4n) is 2.47. The van der Waals surface area contributed by atoms with Crippen molar-refractivity contribution in [2.75, 3.05) is 19.8 Å². The SMILES string of the molecule is CC(=O)NCCC(=O)N[C@@H]1CCOC[C@H]1Oc1ccc(CO)cc1. The van der Waals surface area contributed by atoms with Crippen LogP contribution in [0.15, 0.2) is 24.3 Å². The maximum Gasteiger partial charge on any atom is 0.222 e. The molecule has 0 unspecified atom stereocenters. The summed E-state index contributed by atoms with van der Waals surface area (Å²) < 4.78 is 11.4. The molecule has 3 N–H and O–H groups in total. The van der Waals surface area contributed by atoms with Gasteiger partial charge >= 0.3 is 0 Å². The highest BCUT2D eigenvalue weighted by Gasteiger charge is 2.28. The summed E-state index contributed by atoms with van der Waals surface area (Å²) >= 11 is 0. The van der Waals surface area contributed by atoms with Crippen LogP contribution in [0.1, 0.15) is 25.3 Å². The number of amides is 2. The van der Waals surface area contributed by atoms with Gasteiger partial charge in [-0.05, 0) is 24.1 Å². The highest BCUT2D eigenvalue weighted by Crippen LogP contribution is 2.18. The van der Waals surface area contributed by atoms with E-state index in [1.807, 2.05) is 0 Å². The van der Waals surface area contributed by atoms with E-state index in [9.17, 15) is 9.59 Å². The van der Waals surface area contributed by atoms with Gasteiger partial charge < -0.3 is 25.2 Å². The largest absolute Gasteiger partial charge is 0.486 e. The Balaban J connectivity index is 1.87. The van der Waals surface area contributed by atoms with Crippen molar-refractivity contribution in [3.63, 3.8) is 0 Å². The summed E-state index contributed by atoms with van der Waals surface area (Å²) in [6, 6.07) is 7.02. The first kappa shape index (κ1) is 18.2. The Morgan fingerprint density at radius 1 is 1.33 bits per heavy atom. The Bertz CT molecular complexity index is 546. The first-order chi connectivity index (χ1) is 11.6. The molecule has 1 fully saturated rings. The molecule has 0 aliphatic carbocycles. The maximum absolute atomic E-state index is 12.0. The predicted molar refractivity (Wildman–Crippen MR) is 87.4 cm³/mol. The molecule has 7 heteroatoms. The molecule has 132 valence electrons. The number of aliphatic hydroxyl groups excluding tert-OH is 1. The van der Waals surface area contributed by atoms with Gasteiger partial charge in [0.1, 0.15) is 11.9 Å². The average Bonchev–Trinajstić information content (AvgIpc) is 2.57. The van der Waals surface area contributed by atoms with Gasteiger partial charge in [-0.2, -0.15) is 0 Å². The molecule has 1 heterocycles. The summed E-state index contributed by atoms with van der Waals surface area (Å²) in [6.45, 7) is 2.69. The monoisotopic (exact) mass is 336 g/mol. The highest BCUT2D eigenvalue weighted by molar-refractivity contribution is 5.78. The lowest BCUT2D eigenvalue weighted by Crippen LogP contribution is -2.51. The molecule has 24 heavy (non-hydrogen) atoms. The third-order valence-corrected chi connectivity index (χ3v) is 3.77. The first-order valence-electron chi connectivity index (χ1n) is 8.06. The highest BCUT2D eigenvalue weighted by atomic mass is 16.5. The van der Waals surface area contributed by atoms with Crippen molar-refractivity contribution in [1.29, 1.82) is 0 Å². The lowest BCUT2D eigenvalue weighted by molar-refractivity contribution is -0.124. The van der Waals surface area contributed by atoms with Crippen molar-refractivity contribution in [1.82, 2.24) is 10.6 Å². The van der Waals surface area contributed by atoms with Crippen LogP contribution < -0.4 is 15.4 Å². The van der Waals surface area contributed by atoms with E-state index in [4.69, 9.17) is 14.6 Å². The first-order valence-corrected chi connectivity index (χ1v) is 8.06. The number of hydrogen-bond acceptors (Lipinski definition) is 5. The van der Waals surface area contributed by atoms with Crippen molar-refractivity contribution < 1.29 is 24.2 Å². The Morgan fingerprint density at radius 3 is 2.75 bits per heavy atom. The average molecular weight is 336 g/mol. The zero-order chi connectivity index (χ0) is 17.4. The molecule has 0 saturated carbocycles. The van der Waals surface area contributed by atoms with Gasteiger partial charge in [-0.3, -0.25) is 9.59 Å². The molecule has 1 aliphatic heterocycles. The van der Waals surface area contributed by atoms with Gasteiger partial charge in [0.15, 0.2) is 0 Å². The van der Waals surface area contributed by atoms with Gasteiger partial charge in [-0.25, -0.2) is 0 Å². The molecule has 0 bridgehead atoms. The van der Waals surface area contributed by atoms with Crippen molar-refractivity contribution >= 4 is 11.8 Å². The van der Waals surface area contributed by atoms with Crippen LogP contribution in [0.5, 0.6) is 5.75 Å². The number of hydrogen-bond donors (Lipinski definition) is 3. The van der Waals surface area contributed by atoms with Gasteiger partial charge in [0, 0.05) is 26.5 Å². The molecule has 0 radical (unpaired) electrons. The second kappa shape index (κ2) is 9.24. The zero-order valence-electron chi connectivity index (χ0n) is 13.8. The van der Waals surface area contributed by atoms with Crippen molar-refractivity contribution in [2.24, 2.45) is 0 Å². The second-order valence-corrected chi connectivity index (χ2v) is 5.73. The van der Waals surface area contributed by atoms with Gasteiger partial charge in [-0.1, -0.05) is 12.1 Å². The minimum absolute atomic E-state index is 0.0141. The minimum atomic E-state index is -0.275. The van der Waals surface area contributed by atoms with E-state index in [0.29, 0.717) is 31.9 Å². The van der Waals surface area contributed by atoms with E-state index in [2.05, 4.69) is 10.6 Å². The Morgan fingerprint density at radius 2 is 2.08 bits per heavy atom. The lowest BCUT2D eigenvalue weighted by atomic mass is 10.1. The van der Waals surface area contributed by atoms with Crippen LogP contribution in [0.25, 0.3) is 0 Å². The molecule has 2 rings (SSSR count). The zero-order valence-corrected chi connectivity index (χ0v) is 13.8. The van der Waals surface area contributed by atoms with Crippen LogP contribution in [0.3, 0.4) is 0 Å². The van der Waals surface area contributed by atoms with Crippen LogP contribution in [0.2, 0.25) is 0 Å². The number of carbonyl (C=O) groups is 2. The Kier molecular flexibility index (Phi) is 7.02. The van der Waals surface area contributed by atoms with E-state index in [1.54, 1.807) is 24.3 Å². The molecule has 1 aromatic rings. The molecule has 0 spiro atoms. The van der Waals surface area contributed by atoms with Gasteiger partial charge in [0.2, 0.25) is 11.8 Å². The van der Waals surface area contributed by atoms with E-state index >= 15 is 0 Å². The molecule has 1 saturated heterocycles. The summed E-state index contributed by atoms with van der Waals surface area (Å²) in [5, 5.41) is 14.6. The third kappa shape index (κ3) is 5.82. The van der Waals surface area contributed by atoms with E-state index in [1.165, 1.54) is 6.92 Å². The Hall–Kier alpha value is -2.12. The van der Waals surface area contributed by atoms with Gasteiger partial charge in [-0.15, -0.1) is 0 Å². The minimum Gasteiger partial charge on any atom is -0.486 e. The molecule has 7 nitrogen and oxygen atoms in total. The fourth-order valence-corrected chi connectivity index (χ4v) is 2.47. The summed E-state index contributed by atoms with van der Waals surface area (Å²) in [5.41, 5.74) is 0.810. The number of ether oxygens (including phenoxy) is 2. The van der Waals surface area contributed by atoms with Crippen LogP contribution in [0, 0.1) is 0 Å². The summed E-state index contributed by atoms with van der Waals surface area (Å²) in [4.78, 5) is 22.8. The number of aliphatic hydroxyl groups is 1. The van der Waals surface area contributed by atoms with Crippen molar-refractivity contribution in [3.8, 4) is 5.75 Å². The topological polar surface area (TPSA) is 96.9 Å². The summed E-state index contributed by atoms with van der Waals surface area (Å²) in [7, 11) is 0. The quantitative estimate of drug-likeness (QED) is 0.668. The molecular formula is C17H24N2O5. The van der Waals surface area contributed by atoms with E-state index in [-0.39, 0.29) is 37.0 Å². The maximum atomic E-state index is 12.0. The second-order valence-electron chi connectivity index (χ2n) is 5.73. The van der Waals surface area contributed by atoms with Crippen LogP contribution in [-0.4, -0.2) is 48.8 Å². The molecular weight excluding hydrogens is 312 g/mol. The normalized spacial score (nSPS) is 20.2. The molecule has 2 atom stereocenters. The summed E-state index contributed by atoms with van der Waals surface area (Å²) in [6.07, 6.45) is 0.628.